The summed E-state index contributed by atoms with van der Waals surface area (Å²) in [5.74, 6) is 0.830. The molecule has 3 aromatic carbocycles. The summed E-state index contributed by atoms with van der Waals surface area (Å²) >= 11 is 0. The summed E-state index contributed by atoms with van der Waals surface area (Å²) in [6.07, 6.45) is 5.47. The number of rotatable bonds is 4. The number of hydrogen-bond acceptors (Lipinski definition) is 4. The van der Waals surface area contributed by atoms with Crippen LogP contribution in [-0.2, 0) is 9.59 Å². The van der Waals surface area contributed by atoms with Gasteiger partial charge in [0.05, 0.1) is 23.1 Å². The molecule has 5 aliphatic rings. The van der Waals surface area contributed by atoms with Crippen LogP contribution in [0.1, 0.15) is 16.8 Å². The minimum absolute atomic E-state index is 0.100. The fourth-order valence-electron chi connectivity index (χ4n) is 6.53. The number of ether oxygens (including phenoxy) is 1. The van der Waals surface area contributed by atoms with E-state index < -0.39 is 5.97 Å². The molecule has 6 atom stereocenters. The van der Waals surface area contributed by atoms with E-state index >= 15 is 0 Å². The van der Waals surface area contributed by atoms with E-state index in [-0.39, 0.29) is 35.5 Å². The van der Waals surface area contributed by atoms with E-state index in [9.17, 15) is 14.4 Å². The van der Waals surface area contributed by atoms with Gasteiger partial charge in [-0.15, -0.1) is 0 Å². The Kier molecular flexibility index (Phi) is 4.37. The van der Waals surface area contributed by atoms with Crippen LogP contribution >= 0.6 is 0 Å². The van der Waals surface area contributed by atoms with Crippen LogP contribution in [-0.4, -0.2) is 17.8 Å². The minimum atomic E-state index is -0.491. The van der Waals surface area contributed by atoms with Crippen molar-refractivity contribution >= 4 is 23.5 Å². The molecule has 2 bridgehead atoms. The number of anilines is 1. The van der Waals surface area contributed by atoms with Crippen molar-refractivity contribution < 1.29 is 19.1 Å². The maximum Gasteiger partial charge on any atom is 0.343 e. The Balaban J connectivity index is 1.12. The van der Waals surface area contributed by atoms with Crippen LogP contribution in [0.2, 0.25) is 0 Å². The highest BCUT2D eigenvalue weighted by atomic mass is 16.5. The largest absolute Gasteiger partial charge is 0.422 e. The third kappa shape index (κ3) is 3.04. The Morgan fingerprint density at radius 3 is 2.00 bits per heavy atom. The molecule has 4 aliphatic carbocycles. The minimum Gasteiger partial charge on any atom is -0.422 e. The standard InChI is InChI=1S/C30H23NO4/c32-28-26-21-14-15-22(24-16-23(21)24)27(26)29(33)31(28)19-12-10-18(11-13-19)30(34)35-25-9-5-4-8-20(25)17-6-2-1-3-7-17/h1-15,21-24,26-27H,16H2/t21-,22-,23-,24-,26-,27+/m0/s1. The van der Waals surface area contributed by atoms with Crippen LogP contribution in [0.3, 0.4) is 0 Å². The molecule has 35 heavy (non-hydrogen) atoms. The van der Waals surface area contributed by atoms with Gasteiger partial charge in [-0.3, -0.25) is 14.5 Å². The summed E-state index contributed by atoms with van der Waals surface area (Å²) in [4.78, 5) is 40.9. The monoisotopic (exact) mass is 461 g/mol. The number of hydrogen-bond donors (Lipinski definition) is 0. The van der Waals surface area contributed by atoms with E-state index in [1.807, 2.05) is 48.5 Å². The molecule has 2 amide bonds. The first-order valence-corrected chi connectivity index (χ1v) is 12.1. The van der Waals surface area contributed by atoms with Crippen molar-refractivity contribution in [1.82, 2.24) is 0 Å². The number of amides is 2. The number of para-hydroxylation sites is 1. The summed E-state index contributed by atoms with van der Waals surface area (Å²) in [5, 5.41) is 0. The molecule has 1 heterocycles. The molecule has 172 valence electrons. The highest BCUT2D eigenvalue weighted by Gasteiger charge is 2.67. The van der Waals surface area contributed by atoms with Gasteiger partial charge in [-0.1, -0.05) is 60.7 Å². The molecule has 0 radical (unpaired) electrons. The summed E-state index contributed by atoms with van der Waals surface area (Å²) in [6, 6.07) is 23.7. The molecular formula is C30H23NO4. The van der Waals surface area contributed by atoms with Crippen molar-refractivity contribution in [2.75, 3.05) is 4.90 Å². The molecule has 8 rings (SSSR count). The highest BCUT2D eigenvalue weighted by molar-refractivity contribution is 6.22. The van der Waals surface area contributed by atoms with Gasteiger partial charge in [0.2, 0.25) is 11.8 Å². The number of carbonyl (C=O) groups is 3. The van der Waals surface area contributed by atoms with Gasteiger partial charge >= 0.3 is 5.97 Å². The van der Waals surface area contributed by atoms with Crippen molar-refractivity contribution in [2.45, 2.75) is 6.42 Å². The first-order valence-electron chi connectivity index (χ1n) is 12.1. The fraction of sp³-hybridized carbons (Fsp3) is 0.233. The lowest BCUT2D eigenvalue weighted by atomic mass is 9.63. The fourth-order valence-corrected chi connectivity index (χ4v) is 6.53. The second-order valence-corrected chi connectivity index (χ2v) is 9.97. The molecule has 5 heteroatoms. The predicted octanol–water partition coefficient (Wildman–Crippen LogP) is 5.13. The normalized spacial score (nSPS) is 29.7. The number of carbonyl (C=O) groups excluding carboxylic acids is 3. The van der Waals surface area contributed by atoms with E-state index in [0.29, 0.717) is 28.8 Å². The van der Waals surface area contributed by atoms with Crippen molar-refractivity contribution in [1.29, 1.82) is 0 Å². The first kappa shape index (κ1) is 20.4. The van der Waals surface area contributed by atoms with Gasteiger partial charge in [0, 0.05) is 5.56 Å². The summed E-state index contributed by atoms with van der Waals surface area (Å²) in [7, 11) is 0. The topological polar surface area (TPSA) is 63.7 Å². The molecule has 1 saturated heterocycles. The quantitative estimate of drug-likeness (QED) is 0.234. The third-order valence-electron chi connectivity index (χ3n) is 8.20. The molecular weight excluding hydrogens is 438 g/mol. The Morgan fingerprint density at radius 1 is 0.743 bits per heavy atom. The molecule has 3 aromatic rings. The zero-order valence-corrected chi connectivity index (χ0v) is 18.9. The number of esters is 1. The van der Waals surface area contributed by atoms with Crippen molar-refractivity contribution in [3.05, 3.63) is 96.6 Å². The van der Waals surface area contributed by atoms with Gasteiger partial charge in [0.25, 0.3) is 0 Å². The van der Waals surface area contributed by atoms with Crippen LogP contribution in [0.4, 0.5) is 5.69 Å². The van der Waals surface area contributed by atoms with Crippen LogP contribution in [0.5, 0.6) is 5.75 Å². The molecule has 3 fully saturated rings. The lowest BCUT2D eigenvalue weighted by Gasteiger charge is -2.37. The SMILES string of the molecule is O=C(Oc1ccccc1-c1ccccc1)c1ccc(N2C(=O)[C@@H]3[C@H]4C=C[C@@H]([C@@H]5C[C@@H]45)[C@@H]3C2=O)cc1. The van der Waals surface area contributed by atoms with Gasteiger partial charge in [-0.25, -0.2) is 4.79 Å². The Morgan fingerprint density at radius 2 is 1.34 bits per heavy atom. The average Bonchev–Trinajstić information content (AvgIpc) is 3.68. The van der Waals surface area contributed by atoms with Crippen LogP contribution in [0.25, 0.3) is 11.1 Å². The first-order chi connectivity index (χ1) is 17.1. The molecule has 2 saturated carbocycles. The molecule has 0 unspecified atom stereocenters. The van der Waals surface area contributed by atoms with Crippen LogP contribution in [0.15, 0.2) is 91.0 Å². The summed E-state index contributed by atoms with van der Waals surface area (Å²) < 4.78 is 5.73. The van der Waals surface area contributed by atoms with E-state index in [1.54, 1.807) is 30.3 Å². The third-order valence-corrected chi connectivity index (χ3v) is 8.20. The maximum atomic E-state index is 13.3. The second-order valence-electron chi connectivity index (χ2n) is 9.97. The van der Waals surface area contributed by atoms with E-state index in [2.05, 4.69) is 12.2 Å². The van der Waals surface area contributed by atoms with Crippen LogP contribution in [0, 0.1) is 35.5 Å². The lowest BCUT2D eigenvalue weighted by Crippen LogP contribution is -2.40. The Labute approximate surface area is 203 Å². The van der Waals surface area contributed by atoms with Crippen molar-refractivity contribution in [3.63, 3.8) is 0 Å². The van der Waals surface area contributed by atoms with Crippen molar-refractivity contribution in [3.8, 4) is 16.9 Å². The van der Waals surface area contributed by atoms with E-state index in [1.165, 1.54) is 4.90 Å². The van der Waals surface area contributed by atoms with Gasteiger partial charge < -0.3 is 4.74 Å². The molecule has 0 aromatic heterocycles. The average molecular weight is 462 g/mol. The highest BCUT2D eigenvalue weighted by Crippen LogP contribution is 2.65. The number of imide groups is 1. The zero-order valence-electron chi connectivity index (χ0n) is 18.9. The zero-order chi connectivity index (χ0) is 23.7. The summed E-state index contributed by atoms with van der Waals surface area (Å²) in [5.41, 5.74) is 2.66. The summed E-state index contributed by atoms with van der Waals surface area (Å²) in [6.45, 7) is 0. The number of benzene rings is 3. The van der Waals surface area contributed by atoms with E-state index in [4.69, 9.17) is 4.74 Å². The number of nitrogens with zero attached hydrogens (tertiary/aromatic N) is 1. The maximum absolute atomic E-state index is 13.3. The van der Waals surface area contributed by atoms with Gasteiger partial charge in [0.15, 0.2) is 0 Å². The smallest absolute Gasteiger partial charge is 0.343 e. The second kappa shape index (κ2) is 7.51. The lowest BCUT2D eigenvalue weighted by molar-refractivity contribution is -0.124. The van der Waals surface area contributed by atoms with E-state index in [0.717, 1.165) is 17.5 Å². The Hall–Kier alpha value is -3.99. The van der Waals surface area contributed by atoms with Crippen molar-refractivity contribution in [2.24, 2.45) is 35.5 Å². The molecule has 0 N–H and O–H groups in total. The van der Waals surface area contributed by atoms with Gasteiger partial charge in [-0.05, 0) is 66.0 Å². The van der Waals surface area contributed by atoms with Gasteiger partial charge in [-0.2, -0.15) is 0 Å². The van der Waals surface area contributed by atoms with Crippen LogP contribution < -0.4 is 9.64 Å². The predicted molar refractivity (Wildman–Crippen MR) is 130 cm³/mol. The molecule has 0 spiro atoms. The Bertz CT molecular complexity index is 1360. The number of allylic oxidation sites excluding steroid dienone is 2. The van der Waals surface area contributed by atoms with Gasteiger partial charge in [0.1, 0.15) is 5.75 Å². The molecule has 1 aliphatic heterocycles. The molecule has 5 nitrogen and oxygen atoms in total.